The van der Waals surface area contributed by atoms with Crippen molar-refractivity contribution in [3.63, 3.8) is 0 Å². The molecule has 1 aromatic carbocycles. The molecular weight excluding hydrogens is 302 g/mol. The Labute approximate surface area is 141 Å². The maximum atomic E-state index is 12.6. The van der Waals surface area contributed by atoms with Crippen molar-refractivity contribution in [1.82, 2.24) is 4.98 Å². The molecule has 1 aromatic heterocycles. The Morgan fingerprint density at radius 2 is 2.04 bits per heavy atom. The number of benzene rings is 1. The molecule has 126 valence electrons. The summed E-state index contributed by atoms with van der Waals surface area (Å²) in [5.74, 6) is 0.949. The lowest BCUT2D eigenvalue weighted by molar-refractivity contribution is 0.0603. The van der Waals surface area contributed by atoms with Crippen LogP contribution in [-0.2, 0) is 4.74 Å². The van der Waals surface area contributed by atoms with Gasteiger partial charge in [-0.05, 0) is 30.9 Å². The number of fused-ring (bicyclic) bond motifs is 3. The molecule has 2 aliphatic carbocycles. The van der Waals surface area contributed by atoms with Crippen LogP contribution in [0, 0.1) is 5.92 Å². The van der Waals surface area contributed by atoms with Crippen LogP contribution in [0.15, 0.2) is 18.2 Å². The number of hydrogen-bond acceptors (Lipinski definition) is 3. The third kappa shape index (κ3) is 2.45. The molecule has 2 aliphatic rings. The van der Waals surface area contributed by atoms with Crippen LogP contribution in [0.5, 0.6) is 0 Å². The molecular formula is C20H23NO3. The van der Waals surface area contributed by atoms with Crippen molar-refractivity contribution in [2.24, 2.45) is 5.92 Å². The van der Waals surface area contributed by atoms with Gasteiger partial charge >= 0.3 is 5.97 Å². The fraction of sp³-hybridized carbons (Fsp3) is 0.500. The number of methoxy groups -OCH3 is 1. The van der Waals surface area contributed by atoms with Crippen molar-refractivity contribution < 1.29 is 14.3 Å². The Bertz CT molecular complexity index is 799. The average Bonchev–Trinajstić information content (AvgIpc) is 3.24. The number of ketones is 1. The lowest BCUT2D eigenvalue weighted by Gasteiger charge is -2.24. The van der Waals surface area contributed by atoms with Crippen molar-refractivity contribution in [3.8, 4) is 0 Å². The van der Waals surface area contributed by atoms with E-state index in [4.69, 9.17) is 4.74 Å². The predicted octanol–water partition coefficient (Wildman–Crippen LogP) is 4.59. The largest absolute Gasteiger partial charge is 0.465 e. The molecule has 1 unspecified atom stereocenters. The summed E-state index contributed by atoms with van der Waals surface area (Å²) in [6.45, 7) is 0. The maximum Gasteiger partial charge on any atom is 0.338 e. The molecule has 24 heavy (non-hydrogen) atoms. The number of esters is 1. The number of aromatic amines is 1. The van der Waals surface area contributed by atoms with Crippen LogP contribution in [-0.4, -0.2) is 23.8 Å². The van der Waals surface area contributed by atoms with E-state index in [1.165, 1.54) is 32.8 Å². The van der Waals surface area contributed by atoms with Crippen molar-refractivity contribution in [2.75, 3.05) is 7.11 Å². The van der Waals surface area contributed by atoms with Crippen LogP contribution >= 0.6 is 0 Å². The predicted molar refractivity (Wildman–Crippen MR) is 92.5 cm³/mol. The van der Waals surface area contributed by atoms with Crippen LogP contribution in [0.3, 0.4) is 0 Å². The number of rotatable bonds is 3. The lowest BCUT2D eigenvalue weighted by atomic mass is 9.80. The van der Waals surface area contributed by atoms with E-state index in [9.17, 15) is 9.59 Å². The van der Waals surface area contributed by atoms with E-state index in [-0.39, 0.29) is 11.8 Å². The zero-order valence-corrected chi connectivity index (χ0v) is 14.1. The number of nitrogens with one attached hydrogen (secondary N) is 1. The number of aromatic nitrogens is 1. The summed E-state index contributed by atoms with van der Waals surface area (Å²) in [4.78, 5) is 28.2. The Hall–Kier alpha value is -2.10. The van der Waals surface area contributed by atoms with Gasteiger partial charge in [0.1, 0.15) is 0 Å². The van der Waals surface area contributed by atoms with Gasteiger partial charge in [0.15, 0.2) is 5.78 Å². The zero-order chi connectivity index (χ0) is 16.7. The van der Waals surface area contributed by atoms with Gasteiger partial charge in [0.05, 0.1) is 12.7 Å². The molecule has 4 heteroatoms. The lowest BCUT2D eigenvalue weighted by Crippen LogP contribution is -2.17. The number of carbonyl (C=O) groups is 2. The van der Waals surface area contributed by atoms with Crippen LogP contribution in [0.4, 0.5) is 0 Å². The van der Waals surface area contributed by atoms with Gasteiger partial charge in [-0.25, -0.2) is 4.79 Å². The van der Waals surface area contributed by atoms with Gasteiger partial charge in [-0.15, -0.1) is 0 Å². The van der Waals surface area contributed by atoms with Crippen molar-refractivity contribution in [3.05, 3.63) is 35.0 Å². The summed E-state index contributed by atoms with van der Waals surface area (Å²) in [6, 6.07) is 5.53. The third-order valence-corrected chi connectivity index (χ3v) is 5.76. The van der Waals surface area contributed by atoms with Crippen LogP contribution in [0.25, 0.3) is 10.9 Å². The molecule has 0 amide bonds. The standard InChI is InChI=1S/C20H23NO3/c1-24-20(23)14-7-4-8-15-17(14)18-16(22)10-9-13(19(18)21-15)11-12-5-2-3-6-12/h4,7-8,12-13,21H,2-3,5-6,9-11H2,1H3. The monoisotopic (exact) mass is 325 g/mol. The van der Waals surface area contributed by atoms with E-state index in [1.807, 2.05) is 12.1 Å². The van der Waals surface area contributed by atoms with Gasteiger partial charge in [-0.2, -0.15) is 0 Å². The molecule has 1 heterocycles. The first kappa shape index (κ1) is 15.4. The molecule has 0 saturated heterocycles. The summed E-state index contributed by atoms with van der Waals surface area (Å²) >= 11 is 0. The molecule has 1 fully saturated rings. The van der Waals surface area contributed by atoms with Crippen molar-refractivity contribution in [1.29, 1.82) is 0 Å². The summed E-state index contributed by atoms with van der Waals surface area (Å²) in [5.41, 5.74) is 3.14. The molecule has 0 radical (unpaired) electrons. The first-order chi connectivity index (χ1) is 11.7. The molecule has 1 atom stereocenters. The van der Waals surface area contributed by atoms with Crippen molar-refractivity contribution in [2.45, 2.75) is 50.9 Å². The first-order valence-corrected chi connectivity index (χ1v) is 8.95. The fourth-order valence-corrected chi connectivity index (χ4v) is 4.60. The number of carbonyl (C=O) groups excluding carboxylic acids is 2. The molecule has 1 saturated carbocycles. The molecule has 0 aliphatic heterocycles. The smallest absolute Gasteiger partial charge is 0.338 e. The molecule has 2 aromatic rings. The van der Waals surface area contributed by atoms with Crippen LogP contribution in [0.2, 0.25) is 0 Å². The molecule has 1 N–H and O–H groups in total. The van der Waals surface area contributed by atoms with Gasteiger partial charge in [-0.1, -0.05) is 31.7 Å². The Morgan fingerprint density at radius 1 is 1.25 bits per heavy atom. The van der Waals surface area contributed by atoms with Gasteiger partial charge in [0, 0.05) is 34.5 Å². The average molecular weight is 325 g/mol. The van der Waals surface area contributed by atoms with E-state index in [0.29, 0.717) is 17.9 Å². The SMILES string of the molecule is COC(=O)c1cccc2[nH]c3c(c12)C(=O)CCC3CC1CCCC1. The molecule has 4 nitrogen and oxygen atoms in total. The summed E-state index contributed by atoms with van der Waals surface area (Å²) in [6.07, 6.45) is 7.95. The third-order valence-electron chi connectivity index (χ3n) is 5.76. The van der Waals surface area contributed by atoms with Crippen LogP contribution < -0.4 is 0 Å². The van der Waals surface area contributed by atoms with Crippen molar-refractivity contribution >= 4 is 22.7 Å². The summed E-state index contributed by atoms with van der Waals surface area (Å²) < 4.78 is 4.91. The van der Waals surface area contributed by atoms with E-state index in [0.717, 1.165) is 40.9 Å². The second-order valence-electron chi connectivity index (χ2n) is 7.18. The normalized spacial score (nSPS) is 21.2. The highest BCUT2D eigenvalue weighted by molar-refractivity contribution is 6.16. The number of Topliss-reactive ketones (excluding diaryl/α,β-unsaturated/α-hetero) is 1. The quantitative estimate of drug-likeness (QED) is 0.839. The summed E-state index contributed by atoms with van der Waals surface area (Å²) in [5, 5.41) is 0.750. The molecule has 0 spiro atoms. The maximum absolute atomic E-state index is 12.6. The highest BCUT2D eigenvalue weighted by atomic mass is 16.5. The first-order valence-electron chi connectivity index (χ1n) is 8.95. The van der Waals surface area contributed by atoms with Gasteiger partial charge in [0.2, 0.25) is 0 Å². The second kappa shape index (κ2) is 6.08. The number of ether oxygens (including phenoxy) is 1. The number of hydrogen-bond donors (Lipinski definition) is 1. The fourth-order valence-electron chi connectivity index (χ4n) is 4.60. The minimum absolute atomic E-state index is 0.148. The molecule has 4 rings (SSSR count). The number of H-pyrrole nitrogens is 1. The zero-order valence-electron chi connectivity index (χ0n) is 14.1. The summed E-state index contributed by atoms with van der Waals surface area (Å²) in [7, 11) is 1.38. The van der Waals surface area contributed by atoms with Gasteiger partial charge < -0.3 is 9.72 Å². The Balaban J connectivity index is 1.82. The van der Waals surface area contributed by atoms with Crippen LogP contribution in [0.1, 0.15) is 77.3 Å². The Morgan fingerprint density at radius 3 is 2.79 bits per heavy atom. The minimum atomic E-state index is -0.381. The topological polar surface area (TPSA) is 59.2 Å². The van der Waals surface area contributed by atoms with Gasteiger partial charge in [-0.3, -0.25) is 4.79 Å². The highest BCUT2D eigenvalue weighted by Crippen LogP contribution is 2.42. The second-order valence-corrected chi connectivity index (χ2v) is 7.18. The molecule has 0 bridgehead atoms. The minimum Gasteiger partial charge on any atom is -0.465 e. The van der Waals surface area contributed by atoms with E-state index in [1.54, 1.807) is 6.07 Å². The van der Waals surface area contributed by atoms with Gasteiger partial charge in [0.25, 0.3) is 0 Å². The van der Waals surface area contributed by atoms with E-state index >= 15 is 0 Å². The van der Waals surface area contributed by atoms with E-state index < -0.39 is 0 Å². The highest BCUT2D eigenvalue weighted by Gasteiger charge is 2.33. The Kier molecular flexibility index (Phi) is 3.91. The van der Waals surface area contributed by atoms with E-state index in [2.05, 4.69) is 4.98 Å².